The van der Waals surface area contributed by atoms with Crippen molar-refractivity contribution in [1.82, 2.24) is 4.90 Å². The first-order valence-corrected chi connectivity index (χ1v) is 7.77. The van der Waals surface area contributed by atoms with Crippen LogP contribution in [0.15, 0.2) is 18.2 Å². The van der Waals surface area contributed by atoms with Crippen molar-refractivity contribution in [3.05, 3.63) is 29.3 Å². The molecule has 3 heteroatoms. The van der Waals surface area contributed by atoms with E-state index in [1.165, 1.54) is 6.42 Å². The molecule has 0 radical (unpaired) electrons. The second-order valence-corrected chi connectivity index (χ2v) is 5.83. The lowest BCUT2D eigenvalue weighted by Crippen LogP contribution is -2.46. The molecule has 0 spiro atoms. The van der Waals surface area contributed by atoms with Gasteiger partial charge in [-0.2, -0.15) is 0 Å². The van der Waals surface area contributed by atoms with E-state index >= 15 is 0 Å². The fourth-order valence-electron chi connectivity index (χ4n) is 3.09. The van der Waals surface area contributed by atoms with E-state index in [1.54, 1.807) is 0 Å². The van der Waals surface area contributed by atoms with E-state index in [9.17, 15) is 4.79 Å². The van der Waals surface area contributed by atoms with Crippen LogP contribution in [-0.2, 0) is 0 Å². The second kappa shape index (κ2) is 6.78. The molecule has 1 unspecified atom stereocenters. The standard InChI is InChI=1S/C17H26N2O/c1-4-8-15-11-5-6-12-19(15)17(20)18-16-13(2)9-7-10-14(16)3/h7,9-10,15H,4-6,8,11-12H2,1-3H3,(H,18,20). The summed E-state index contributed by atoms with van der Waals surface area (Å²) < 4.78 is 0. The van der Waals surface area contributed by atoms with Gasteiger partial charge in [0, 0.05) is 18.3 Å². The first-order valence-electron chi connectivity index (χ1n) is 7.77. The molecule has 1 aliphatic heterocycles. The van der Waals surface area contributed by atoms with Crippen molar-refractivity contribution < 1.29 is 4.79 Å². The molecule has 1 heterocycles. The minimum absolute atomic E-state index is 0.0700. The summed E-state index contributed by atoms with van der Waals surface area (Å²) in [5, 5.41) is 3.12. The number of carbonyl (C=O) groups is 1. The van der Waals surface area contributed by atoms with Crippen molar-refractivity contribution in [2.24, 2.45) is 0 Å². The summed E-state index contributed by atoms with van der Waals surface area (Å²) >= 11 is 0. The third kappa shape index (κ3) is 3.33. The number of likely N-dealkylation sites (tertiary alicyclic amines) is 1. The smallest absolute Gasteiger partial charge is 0.322 e. The number of hydrogen-bond acceptors (Lipinski definition) is 1. The van der Waals surface area contributed by atoms with Gasteiger partial charge in [-0.1, -0.05) is 31.5 Å². The number of aryl methyl sites for hydroxylation is 2. The molecule has 1 aliphatic rings. The van der Waals surface area contributed by atoms with Gasteiger partial charge in [0.05, 0.1) is 0 Å². The molecule has 0 bridgehead atoms. The molecular weight excluding hydrogens is 248 g/mol. The summed E-state index contributed by atoms with van der Waals surface area (Å²) in [6, 6.07) is 6.60. The van der Waals surface area contributed by atoms with Gasteiger partial charge in [0.2, 0.25) is 0 Å². The van der Waals surface area contributed by atoms with Gasteiger partial charge < -0.3 is 10.2 Å². The van der Waals surface area contributed by atoms with Gasteiger partial charge >= 0.3 is 6.03 Å². The van der Waals surface area contributed by atoms with Crippen molar-refractivity contribution in [2.45, 2.75) is 58.9 Å². The Balaban J connectivity index is 2.10. The van der Waals surface area contributed by atoms with Crippen LogP contribution in [0.1, 0.15) is 50.2 Å². The summed E-state index contributed by atoms with van der Waals surface area (Å²) in [7, 11) is 0. The van der Waals surface area contributed by atoms with Crippen LogP contribution in [0.5, 0.6) is 0 Å². The Morgan fingerprint density at radius 2 is 2.00 bits per heavy atom. The molecule has 1 atom stereocenters. The number of benzene rings is 1. The molecule has 0 saturated carbocycles. The molecule has 1 N–H and O–H groups in total. The molecule has 0 aromatic heterocycles. The quantitative estimate of drug-likeness (QED) is 0.865. The minimum Gasteiger partial charge on any atom is -0.322 e. The summed E-state index contributed by atoms with van der Waals surface area (Å²) in [5.74, 6) is 0. The molecule has 3 nitrogen and oxygen atoms in total. The van der Waals surface area contributed by atoms with Crippen LogP contribution >= 0.6 is 0 Å². The lowest BCUT2D eigenvalue weighted by molar-refractivity contribution is 0.157. The first kappa shape index (κ1) is 14.9. The molecule has 1 aromatic carbocycles. The summed E-state index contributed by atoms with van der Waals surface area (Å²) in [5.41, 5.74) is 3.23. The maximum absolute atomic E-state index is 12.6. The first-order chi connectivity index (χ1) is 9.63. The minimum atomic E-state index is 0.0700. The fraction of sp³-hybridized carbons (Fsp3) is 0.588. The number of anilines is 1. The average Bonchev–Trinajstić information content (AvgIpc) is 2.44. The van der Waals surface area contributed by atoms with Crippen LogP contribution in [0.25, 0.3) is 0 Å². The van der Waals surface area contributed by atoms with E-state index in [0.717, 1.165) is 49.0 Å². The average molecular weight is 274 g/mol. The highest BCUT2D eigenvalue weighted by Gasteiger charge is 2.26. The van der Waals surface area contributed by atoms with Crippen LogP contribution in [0.3, 0.4) is 0 Å². The Kier molecular flexibility index (Phi) is 5.05. The van der Waals surface area contributed by atoms with Crippen molar-refractivity contribution in [3.63, 3.8) is 0 Å². The van der Waals surface area contributed by atoms with Gasteiger partial charge in [-0.05, 0) is 50.7 Å². The number of amides is 2. The highest BCUT2D eigenvalue weighted by molar-refractivity contribution is 5.91. The van der Waals surface area contributed by atoms with E-state index in [2.05, 4.69) is 12.2 Å². The maximum Gasteiger partial charge on any atom is 0.322 e. The van der Waals surface area contributed by atoms with Gasteiger partial charge in [0.1, 0.15) is 0 Å². The zero-order valence-electron chi connectivity index (χ0n) is 12.9. The molecule has 1 aromatic rings. The lowest BCUT2D eigenvalue weighted by atomic mass is 9.98. The van der Waals surface area contributed by atoms with Crippen LogP contribution in [0.2, 0.25) is 0 Å². The number of urea groups is 1. The number of hydrogen-bond donors (Lipinski definition) is 1. The third-order valence-corrected chi connectivity index (χ3v) is 4.22. The summed E-state index contributed by atoms with van der Waals surface area (Å²) in [6.45, 7) is 7.17. The van der Waals surface area contributed by atoms with Gasteiger partial charge in [0.25, 0.3) is 0 Å². The highest BCUT2D eigenvalue weighted by atomic mass is 16.2. The topological polar surface area (TPSA) is 32.3 Å². The monoisotopic (exact) mass is 274 g/mol. The zero-order valence-corrected chi connectivity index (χ0v) is 12.9. The van der Waals surface area contributed by atoms with E-state index in [-0.39, 0.29) is 6.03 Å². The Labute approximate surface area is 122 Å². The second-order valence-electron chi connectivity index (χ2n) is 5.83. The van der Waals surface area contributed by atoms with Gasteiger partial charge in [0.15, 0.2) is 0 Å². The summed E-state index contributed by atoms with van der Waals surface area (Å²) in [6.07, 6.45) is 5.77. The van der Waals surface area contributed by atoms with Crippen molar-refractivity contribution >= 4 is 11.7 Å². The van der Waals surface area contributed by atoms with E-state index in [0.29, 0.717) is 6.04 Å². The molecule has 110 valence electrons. The Bertz CT molecular complexity index is 448. The number of rotatable bonds is 3. The predicted octanol–water partition coefficient (Wildman–Crippen LogP) is 4.49. The van der Waals surface area contributed by atoms with Gasteiger partial charge in [-0.15, -0.1) is 0 Å². The van der Waals surface area contributed by atoms with Crippen LogP contribution in [0, 0.1) is 13.8 Å². The highest BCUT2D eigenvalue weighted by Crippen LogP contribution is 2.24. The van der Waals surface area contributed by atoms with Crippen molar-refractivity contribution in [1.29, 1.82) is 0 Å². The van der Waals surface area contributed by atoms with Gasteiger partial charge in [-0.3, -0.25) is 0 Å². The molecule has 1 saturated heterocycles. The zero-order chi connectivity index (χ0) is 14.5. The van der Waals surface area contributed by atoms with Crippen molar-refractivity contribution in [2.75, 3.05) is 11.9 Å². The Morgan fingerprint density at radius 3 is 2.65 bits per heavy atom. The number of para-hydroxylation sites is 1. The normalized spacial score (nSPS) is 18.9. The number of carbonyl (C=O) groups excluding carboxylic acids is 1. The SMILES string of the molecule is CCCC1CCCCN1C(=O)Nc1c(C)cccc1C. The van der Waals surface area contributed by atoms with Crippen LogP contribution in [0.4, 0.5) is 10.5 Å². The number of piperidine rings is 1. The number of nitrogens with one attached hydrogen (secondary N) is 1. The molecule has 20 heavy (non-hydrogen) atoms. The van der Waals surface area contributed by atoms with E-state index in [4.69, 9.17) is 0 Å². The molecule has 0 aliphatic carbocycles. The number of nitrogens with zero attached hydrogens (tertiary/aromatic N) is 1. The van der Waals surface area contributed by atoms with Crippen LogP contribution in [-0.4, -0.2) is 23.5 Å². The van der Waals surface area contributed by atoms with Gasteiger partial charge in [-0.25, -0.2) is 4.79 Å². The summed E-state index contributed by atoms with van der Waals surface area (Å²) in [4.78, 5) is 14.6. The Hall–Kier alpha value is -1.51. The lowest BCUT2D eigenvalue weighted by Gasteiger charge is -2.36. The molecule has 2 amide bonds. The molecule has 1 fully saturated rings. The van der Waals surface area contributed by atoms with Crippen molar-refractivity contribution in [3.8, 4) is 0 Å². The Morgan fingerprint density at radius 1 is 1.30 bits per heavy atom. The predicted molar refractivity (Wildman–Crippen MR) is 84.2 cm³/mol. The third-order valence-electron chi connectivity index (χ3n) is 4.22. The van der Waals surface area contributed by atoms with E-state index < -0.39 is 0 Å². The fourth-order valence-corrected chi connectivity index (χ4v) is 3.09. The molecule has 2 rings (SSSR count). The van der Waals surface area contributed by atoms with Crippen LogP contribution < -0.4 is 5.32 Å². The largest absolute Gasteiger partial charge is 0.322 e. The maximum atomic E-state index is 12.6. The van der Waals surface area contributed by atoms with E-state index in [1.807, 2.05) is 36.9 Å². The molecular formula is C17H26N2O.